The summed E-state index contributed by atoms with van der Waals surface area (Å²) in [6, 6.07) is 11.4. The molecule has 2 aromatic rings. The Kier molecular flexibility index (Phi) is 5.95. The zero-order chi connectivity index (χ0) is 19.3. The molecular weight excluding hydrogens is 348 g/mol. The zero-order valence-corrected chi connectivity index (χ0v) is 17.1. The summed E-state index contributed by atoms with van der Waals surface area (Å²) in [6.07, 6.45) is 7.85. The van der Waals surface area contributed by atoms with Gasteiger partial charge in [0.1, 0.15) is 0 Å². The molecule has 1 N–H and O–H groups in total. The van der Waals surface area contributed by atoms with Crippen molar-refractivity contribution >= 4 is 5.96 Å². The van der Waals surface area contributed by atoms with Gasteiger partial charge >= 0.3 is 0 Å². The second-order valence-corrected chi connectivity index (χ2v) is 8.06. The Bertz CT molecular complexity index is 783. The molecule has 2 unspecified atom stereocenters. The van der Waals surface area contributed by atoms with Crippen molar-refractivity contribution < 1.29 is 0 Å². The Morgan fingerprint density at radius 1 is 1.21 bits per heavy atom. The molecule has 0 bridgehead atoms. The number of nitrogens with zero attached hydrogens (tertiary/aromatic N) is 5. The van der Waals surface area contributed by atoms with Gasteiger partial charge in [0, 0.05) is 58.4 Å². The van der Waals surface area contributed by atoms with Crippen molar-refractivity contribution in [2.45, 2.75) is 37.8 Å². The first-order valence-electron chi connectivity index (χ1n) is 10.4. The molecule has 0 aliphatic carbocycles. The summed E-state index contributed by atoms with van der Waals surface area (Å²) in [5.74, 6) is 1.59. The second kappa shape index (κ2) is 8.78. The maximum Gasteiger partial charge on any atom is 0.193 e. The van der Waals surface area contributed by atoms with Gasteiger partial charge in [0.05, 0.1) is 6.20 Å². The van der Waals surface area contributed by atoms with Crippen molar-refractivity contribution in [1.29, 1.82) is 0 Å². The van der Waals surface area contributed by atoms with Crippen molar-refractivity contribution in [3.8, 4) is 0 Å². The predicted octanol–water partition coefficient (Wildman–Crippen LogP) is 2.45. The lowest BCUT2D eigenvalue weighted by molar-refractivity contribution is 0.244. The van der Waals surface area contributed by atoms with Gasteiger partial charge in [-0.3, -0.25) is 14.6 Å². The number of aromatic nitrogens is 2. The lowest BCUT2D eigenvalue weighted by Crippen LogP contribution is -2.45. The Balaban J connectivity index is 1.30. The topological polar surface area (TPSA) is 48.7 Å². The van der Waals surface area contributed by atoms with Crippen molar-refractivity contribution in [3.63, 3.8) is 0 Å². The number of rotatable bonds is 5. The normalized spacial score (nSPS) is 23.5. The van der Waals surface area contributed by atoms with Crippen LogP contribution in [0.1, 0.15) is 36.3 Å². The molecule has 2 saturated heterocycles. The highest BCUT2D eigenvalue weighted by Crippen LogP contribution is 2.27. The van der Waals surface area contributed by atoms with Crippen LogP contribution in [0.5, 0.6) is 0 Å². The number of hydrogen-bond acceptors (Lipinski definition) is 3. The number of likely N-dealkylation sites (tertiary alicyclic amines) is 2. The van der Waals surface area contributed by atoms with Crippen molar-refractivity contribution in [2.75, 3.05) is 33.2 Å². The Hall–Kier alpha value is -2.34. The fourth-order valence-electron chi connectivity index (χ4n) is 4.57. The Labute approximate surface area is 168 Å². The van der Waals surface area contributed by atoms with E-state index in [-0.39, 0.29) is 0 Å². The van der Waals surface area contributed by atoms with Crippen molar-refractivity contribution in [1.82, 2.24) is 24.9 Å². The molecule has 4 rings (SSSR count). The van der Waals surface area contributed by atoms with Crippen LogP contribution in [0.2, 0.25) is 0 Å². The van der Waals surface area contributed by atoms with Crippen molar-refractivity contribution in [3.05, 3.63) is 53.9 Å². The first kappa shape index (κ1) is 19.0. The maximum absolute atomic E-state index is 4.57. The zero-order valence-electron chi connectivity index (χ0n) is 17.1. The Morgan fingerprint density at radius 3 is 2.82 bits per heavy atom. The van der Waals surface area contributed by atoms with E-state index in [0.717, 1.165) is 38.6 Å². The maximum atomic E-state index is 4.57. The fourth-order valence-corrected chi connectivity index (χ4v) is 4.57. The van der Waals surface area contributed by atoms with Gasteiger partial charge in [-0.25, -0.2) is 0 Å². The van der Waals surface area contributed by atoms with Crippen LogP contribution in [0.3, 0.4) is 0 Å². The number of benzene rings is 1. The van der Waals surface area contributed by atoms with Gasteiger partial charge in [0.25, 0.3) is 0 Å². The third kappa shape index (κ3) is 4.38. The molecule has 0 spiro atoms. The van der Waals surface area contributed by atoms with Gasteiger partial charge in [-0.1, -0.05) is 30.3 Å². The molecule has 6 heteroatoms. The molecule has 1 aromatic heterocycles. The lowest BCUT2D eigenvalue weighted by atomic mass is 10.0. The summed E-state index contributed by atoms with van der Waals surface area (Å²) in [7, 11) is 3.88. The first-order chi connectivity index (χ1) is 13.7. The standard InChI is InChI=1S/C22H32N6/c1-23-22(28-12-10-19(17-28)20-13-25-26(2)16-20)24-14-21-9-6-11-27(21)15-18-7-4-3-5-8-18/h3-5,7-8,13,16,19,21H,6,9-12,14-15,17H2,1-2H3,(H,23,24). The molecule has 6 nitrogen and oxygen atoms in total. The molecule has 2 atom stereocenters. The van der Waals surface area contributed by atoms with Crippen LogP contribution >= 0.6 is 0 Å². The van der Waals surface area contributed by atoms with Gasteiger partial charge in [-0.2, -0.15) is 5.10 Å². The van der Waals surface area contributed by atoms with Gasteiger partial charge in [-0.05, 0) is 36.9 Å². The van der Waals surface area contributed by atoms with Crippen LogP contribution in [-0.2, 0) is 13.6 Å². The molecular formula is C22H32N6. The van der Waals surface area contributed by atoms with Crippen LogP contribution in [0.15, 0.2) is 47.7 Å². The molecule has 150 valence electrons. The monoisotopic (exact) mass is 380 g/mol. The average Bonchev–Trinajstić information content (AvgIpc) is 3.45. The fraction of sp³-hybridized carbons (Fsp3) is 0.545. The molecule has 0 amide bonds. The molecule has 28 heavy (non-hydrogen) atoms. The minimum absolute atomic E-state index is 0.549. The third-order valence-electron chi connectivity index (χ3n) is 6.12. The van der Waals surface area contributed by atoms with Crippen molar-refractivity contribution in [2.24, 2.45) is 12.0 Å². The molecule has 2 aliphatic heterocycles. The second-order valence-electron chi connectivity index (χ2n) is 8.06. The quantitative estimate of drug-likeness (QED) is 0.639. The average molecular weight is 381 g/mol. The first-order valence-corrected chi connectivity index (χ1v) is 10.4. The molecule has 1 aromatic carbocycles. The van der Waals surface area contributed by atoms with Crippen LogP contribution in [0, 0.1) is 0 Å². The van der Waals surface area contributed by atoms with E-state index < -0.39 is 0 Å². The highest BCUT2D eigenvalue weighted by Gasteiger charge is 2.29. The number of guanidine groups is 1. The molecule has 2 fully saturated rings. The largest absolute Gasteiger partial charge is 0.355 e. The Morgan fingerprint density at radius 2 is 2.07 bits per heavy atom. The minimum Gasteiger partial charge on any atom is -0.355 e. The summed E-state index contributed by atoms with van der Waals surface area (Å²) < 4.78 is 1.90. The molecule has 0 saturated carbocycles. The number of aliphatic imine (C=N–C) groups is 1. The summed E-state index contributed by atoms with van der Waals surface area (Å²) in [4.78, 5) is 9.57. The predicted molar refractivity (Wildman–Crippen MR) is 113 cm³/mol. The van der Waals surface area contributed by atoms with Gasteiger partial charge in [0.2, 0.25) is 0 Å². The van der Waals surface area contributed by atoms with Gasteiger partial charge in [0.15, 0.2) is 5.96 Å². The van der Waals surface area contributed by atoms with E-state index in [9.17, 15) is 0 Å². The smallest absolute Gasteiger partial charge is 0.193 e. The van der Waals surface area contributed by atoms with E-state index in [0.29, 0.717) is 12.0 Å². The molecule has 0 radical (unpaired) electrons. The van der Waals surface area contributed by atoms with E-state index in [1.807, 2.05) is 25.0 Å². The third-order valence-corrected chi connectivity index (χ3v) is 6.12. The van der Waals surface area contributed by atoms with Gasteiger partial charge in [-0.15, -0.1) is 0 Å². The van der Waals surface area contributed by atoms with Crippen LogP contribution in [0.25, 0.3) is 0 Å². The van der Waals surface area contributed by atoms with Crippen LogP contribution < -0.4 is 5.32 Å². The molecule has 3 heterocycles. The van der Waals surface area contributed by atoms with E-state index >= 15 is 0 Å². The number of aryl methyl sites for hydroxylation is 1. The minimum atomic E-state index is 0.549. The highest BCUT2D eigenvalue weighted by molar-refractivity contribution is 5.80. The SMILES string of the molecule is CN=C(NCC1CCCN1Cc1ccccc1)N1CCC(c2cnn(C)c2)C1. The van der Waals surface area contributed by atoms with E-state index in [4.69, 9.17) is 0 Å². The molecule has 2 aliphatic rings. The summed E-state index contributed by atoms with van der Waals surface area (Å²) >= 11 is 0. The van der Waals surface area contributed by atoms with Crippen LogP contribution in [0.4, 0.5) is 0 Å². The summed E-state index contributed by atoms with van der Waals surface area (Å²) in [5, 5.41) is 7.99. The lowest BCUT2D eigenvalue weighted by Gasteiger charge is -2.28. The van der Waals surface area contributed by atoms with E-state index in [2.05, 4.69) is 61.7 Å². The van der Waals surface area contributed by atoms with E-state index in [1.165, 1.54) is 30.5 Å². The summed E-state index contributed by atoms with van der Waals surface area (Å²) in [5.41, 5.74) is 2.74. The van der Waals surface area contributed by atoms with Crippen LogP contribution in [-0.4, -0.2) is 64.8 Å². The number of nitrogens with one attached hydrogen (secondary N) is 1. The summed E-state index contributed by atoms with van der Waals surface area (Å²) in [6.45, 7) is 5.26. The van der Waals surface area contributed by atoms with E-state index in [1.54, 1.807) is 0 Å². The highest BCUT2D eigenvalue weighted by atomic mass is 15.3. The number of hydrogen-bond donors (Lipinski definition) is 1. The van der Waals surface area contributed by atoms with Gasteiger partial charge < -0.3 is 10.2 Å².